The number of carboxylic acid groups (broad SMARTS) is 2. The first-order chi connectivity index (χ1) is 16.7. The van der Waals surface area contributed by atoms with E-state index >= 15 is 0 Å². The second-order valence-corrected chi connectivity index (χ2v) is 9.80. The normalized spacial score (nSPS) is 27.3. The van der Waals surface area contributed by atoms with Crippen LogP contribution in [0.1, 0.15) is 51.4 Å². The molecule has 3 aliphatic rings. The van der Waals surface area contributed by atoms with Crippen molar-refractivity contribution >= 4 is 29.8 Å². The van der Waals surface area contributed by atoms with Gasteiger partial charge in [-0.05, 0) is 58.4 Å². The monoisotopic (exact) mass is 492 g/mol. The number of rotatable bonds is 6. The lowest BCUT2D eigenvalue weighted by Crippen LogP contribution is -2.45. The quantitative estimate of drug-likeness (QED) is 0.386. The molecule has 2 saturated carbocycles. The zero-order chi connectivity index (χ0) is 25.4. The summed E-state index contributed by atoms with van der Waals surface area (Å²) < 4.78 is 0. The van der Waals surface area contributed by atoms with E-state index in [1.807, 2.05) is 0 Å². The van der Waals surface area contributed by atoms with Gasteiger partial charge in [0.05, 0.1) is 11.8 Å². The number of aromatic nitrogens is 3. The second kappa shape index (κ2) is 12.8. The molecule has 2 heterocycles. The lowest BCUT2D eigenvalue weighted by Gasteiger charge is -2.32. The number of likely N-dealkylation sites (N-methyl/N-ethyl adjacent to an activating group) is 1. The highest BCUT2D eigenvalue weighted by Gasteiger charge is 2.27. The largest absolute Gasteiger partial charge is 0.481 e. The van der Waals surface area contributed by atoms with Crippen molar-refractivity contribution in [2.75, 3.05) is 55.8 Å². The highest BCUT2D eigenvalue weighted by molar-refractivity contribution is 5.70. The summed E-state index contributed by atoms with van der Waals surface area (Å²) in [6.45, 7) is 3.77. The van der Waals surface area contributed by atoms with Gasteiger partial charge in [-0.1, -0.05) is 0 Å². The van der Waals surface area contributed by atoms with Crippen molar-refractivity contribution < 1.29 is 19.8 Å². The lowest BCUT2D eigenvalue weighted by atomic mass is 9.86. The predicted molar refractivity (Wildman–Crippen MR) is 134 cm³/mol. The van der Waals surface area contributed by atoms with E-state index in [1.165, 1.54) is 0 Å². The average Bonchev–Trinajstić information content (AvgIpc) is 2.85. The Morgan fingerprint density at radius 1 is 0.829 bits per heavy atom. The molecule has 1 saturated heterocycles. The van der Waals surface area contributed by atoms with Crippen molar-refractivity contribution in [3.05, 3.63) is 0 Å². The molecule has 0 atom stereocenters. The summed E-state index contributed by atoms with van der Waals surface area (Å²) in [6.07, 6.45) is 6.30. The van der Waals surface area contributed by atoms with E-state index in [9.17, 15) is 9.59 Å². The Labute approximate surface area is 206 Å². The van der Waals surface area contributed by atoms with Gasteiger partial charge >= 0.3 is 11.9 Å². The number of nitrogens with zero attached hydrogens (tertiary/aromatic N) is 5. The fraction of sp³-hybridized carbons (Fsp3) is 0.783. The van der Waals surface area contributed by atoms with Crippen LogP contribution in [0.25, 0.3) is 0 Å². The standard InChI is InChI=1S/C16H27N7O2.C7H13NO2/c1-17-14-19-15(18-12-5-3-11(4-6-12)13(24)25)21-16(20-14)23-9-7-22(2)8-10-23;8-6-3-1-5(2-4-6)7(9)10/h11-12H,3-10H2,1-2H3,(H,24,25)(H2,17,18,19,20,21);5-6H,1-4,8H2,(H,9,10). The molecule has 0 bridgehead atoms. The number of carbonyl (C=O) groups is 2. The minimum Gasteiger partial charge on any atom is -0.481 e. The number of nitrogens with two attached hydrogens (primary N) is 1. The molecule has 0 radical (unpaired) electrons. The highest BCUT2D eigenvalue weighted by atomic mass is 16.4. The number of anilines is 3. The van der Waals surface area contributed by atoms with Crippen LogP contribution in [-0.2, 0) is 9.59 Å². The molecule has 6 N–H and O–H groups in total. The van der Waals surface area contributed by atoms with E-state index in [0.29, 0.717) is 30.7 Å². The molecule has 1 aliphatic heterocycles. The minimum atomic E-state index is -0.687. The molecule has 1 aromatic heterocycles. The third-order valence-corrected chi connectivity index (χ3v) is 7.16. The molecular weight excluding hydrogens is 452 g/mol. The topological polar surface area (TPSA) is 170 Å². The Kier molecular flexibility index (Phi) is 9.84. The molecule has 0 spiro atoms. The third-order valence-electron chi connectivity index (χ3n) is 7.16. The minimum absolute atomic E-state index is 0.125. The first-order valence-corrected chi connectivity index (χ1v) is 12.6. The average molecular weight is 493 g/mol. The van der Waals surface area contributed by atoms with Crippen molar-refractivity contribution in [1.29, 1.82) is 0 Å². The predicted octanol–water partition coefficient (Wildman–Crippen LogP) is 1.31. The number of aliphatic carboxylic acids is 2. The molecular formula is C23H40N8O4. The summed E-state index contributed by atoms with van der Waals surface area (Å²) in [6, 6.07) is 0.457. The summed E-state index contributed by atoms with van der Waals surface area (Å²) >= 11 is 0. The summed E-state index contributed by atoms with van der Waals surface area (Å²) in [5, 5.41) is 24.1. The van der Waals surface area contributed by atoms with Crippen molar-refractivity contribution in [1.82, 2.24) is 19.9 Å². The molecule has 196 valence electrons. The van der Waals surface area contributed by atoms with Crippen LogP contribution < -0.4 is 21.3 Å². The second-order valence-electron chi connectivity index (χ2n) is 9.80. The van der Waals surface area contributed by atoms with Crippen LogP contribution in [0.5, 0.6) is 0 Å². The molecule has 0 aromatic carbocycles. The maximum atomic E-state index is 11.1. The van der Waals surface area contributed by atoms with Gasteiger partial charge in [-0.25, -0.2) is 0 Å². The molecule has 12 nitrogen and oxygen atoms in total. The van der Waals surface area contributed by atoms with E-state index < -0.39 is 11.9 Å². The maximum Gasteiger partial charge on any atom is 0.306 e. The Hall–Kier alpha value is -2.73. The summed E-state index contributed by atoms with van der Waals surface area (Å²) in [5.41, 5.74) is 5.60. The molecule has 12 heteroatoms. The van der Waals surface area contributed by atoms with Crippen molar-refractivity contribution in [2.45, 2.75) is 63.5 Å². The van der Waals surface area contributed by atoms with Gasteiger partial charge in [0.2, 0.25) is 17.8 Å². The van der Waals surface area contributed by atoms with E-state index in [0.717, 1.165) is 64.7 Å². The van der Waals surface area contributed by atoms with Crippen LogP contribution >= 0.6 is 0 Å². The smallest absolute Gasteiger partial charge is 0.306 e. The molecule has 3 fully saturated rings. The van der Waals surface area contributed by atoms with Crippen LogP contribution in [0, 0.1) is 11.8 Å². The molecule has 0 unspecified atom stereocenters. The summed E-state index contributed by atoms with van der Waals surface area (Å²) in [7, 11) is 3.91. The first kappa shape index (κ1) is 26.9. The molecule has 4 rings (SSSR count). The van der Waals surface area contributed by atoms with Crippen LogP contribution in [0.3, 0.4) is 0 Å². The van der Waals surface area contributed by atoms with Gasteiger partial charge in [-0.15, -0.1) is 0 Å². The van der Waals surface area contributed by atoms with Gasteiger partial charge < -0.3 is 36.4 Å². The van der Waals surface area contributed by atoms with Crippen molar-refractivity contribution in [3.8, 4) is 0 Å². The lowest BCUT2D eigenvalue weighted by molar-refractivity contribution is -0.143. The molecule has 35 heavy (non-hydrogen) atoms. The SMILES string of the molecule is CNc1nc(NC2CCC(C(=O)O)CC2)nc(N2CCN(C)CC2)n1.NC1CCC(C(=O)O)CC1. The van der Waals surface area contributed by atoms with Gasteiger partial charge in [0.15, 0.2) is 0 Å². The molecule has 2 aliphatic carbocycles. The van der Waals surface area contributed by atoms with E-state index in [-0.39, 0.29) is 23.9 Å². The van der Waals surface area contributed by atoms with Crippen molar-refractivity contribution in [2.24, 2.45) is 17.6 Å². The van der Waals surface area contributed by atoms with E-state index in [2.05, 4.69) is 42.4 Å². The number of hydrogen-bond donors (Lipinski definition) is 5. The summed E-state index contributed by atoms with van der Waals surface area (Å²) in [4.78, 5) is 39.5. The Balaban J connectivity index is 0.000000287. The van der Waals surface area contributed by atoms with Gasteiger partial charge in [-0.3, -0.25) is 9.59 Å². The maximum absolute atomic E-state index is 11.1. The van der Waals surface area contributed by atoms with Crippen LogP contribution in [0.15, 0.2) is 0 Å². The van der Waals surface area contributed by atoms with Gasteiger partial charge in [0.1, 0.15) is 0 Å². The van der Waals surface area contributed by atoms with Crippen LogP contribution in [0.2, 0.25) is 0 Å². The van der Waals surface area contributed by atoms with Crippen LogP contribution in [-0.4, -0.2) is 94.4 Å². The first-order valence-electron chi connectivity index (χ1n) is 12.6. The van der Waals surface area contributed by atoms with Crippen LogP contribution in [0.4, 0.5) is 17.8 Å². The number of carboxylic acids is 2. The third kappa shape index (κ3) is 8.17. The van der Waals surface area contributed by atoms with Gasteiger partial charge in [0.25, 0.3) is 0 Å². The number of nitrogens with one attached hydrogen (secondary N) is 2. The zero-order valence-electron chi connectivity index (χ0n) is 20.8. The zero-order valence-corrected chi connectivity index (χ0v) is 20.8. The fourth-order valence-corrected chi connectivity index (χ4v) is 4.72. The highest BCUT2D eigenvalue weighted by Crippen LogP contribution is 2.27. The van der Waals surface area contributed by atoms with E-state index in [4.69, 9.17) is 15.9 Å². The van der Waals surface area contributed by atoms with Crippen molar-refractivity contribution in [3.63, 3.8) is 0 Å². The molecule has 1 aromatic rings. The molecule has 0 amide bonds. The fourth-order valence-electron chi connectivity index (χ4n) is 4.72. The van der Waals surface area contributed by atoms with E-state index in [1.54, 1.807) is 7.05 Å². The van der Waals surface area contributed by atoms with Gasteiger partial charge in [-0.2, -0.15) is 15.0 Å². The van der Waals surface area contributed by atoms with Gasteiger partial charge in [0, 0.05) is 45.3 Å². The summed E-state index contributed by atoms with van der Waals surface area (Å²) in [5.74, 6) is 0.109. The Morgan fingerprint density at radius 3 is 1.86 bits per heavy atom. The Morgan fingerprint density at radius 2 is 1.34 bits per heavy atom. The Bertz CT molecular complexity index is 833. The number of piperazine rings is 1. The number of hydrogen-bond acceptors (Lipinski definition) is 10.